The Balaban J connectivity index is 1.60. The van der Waals surface area contributed by atoms with Crippen molar-refractivity contribution in [1.29, 1.82) is 0 Å². The second-order valence-corrected chi connectivity index (χ2v) is 5.13. The van der Waals surface area contributed by atoms with Crippen LogP contribution in [-0.4, -0.2) is 17.4 Å². The van der Waals surface area contributed by atoms with Gasteiger partial charge in [0.05, 0.1) is 0 Å². The van der Waals surface area contributed by atoms with Crippen LogP contribution in [-0.2, 0) is 17.9 Å². The molecule has 0 unspecified atom stereocenters. The number of carbonyl (C=O) groups excluding carboxylic acids is 1. The second kappa shape index (κ2) is 8.39. The topological polar surface area (TPSA) is 54.0 Å². The SMILES string of the molecule is O=C(CCNCc1ccc(Cl)cc1)NCc1cccnc1. The van der Waals surface area contributed by atoms with Crippen LogP contribution < -0.4 is 10.6 Å². The summed E-state index contributed by atoms with van der Waals surface area (Å²) in [6.45, 7) is 1.89. The van der Waals surface area contributed by atoms with Gasteiger partial charge in [-0.3, -0.25) is 9.78 Å². The highest BCUT2D eigenvalue weighted by Crippen LogP contribution is 2.08. The molecule has 0 aliphatic heterocycles. The molecule has 0 fully saturated rings. The van der Waals surface area contributed by atoms with E-state index in [2.05, 4.69) is 15.6 Å². The van der Waals surface area contributed by atoms with Crippen LogP contribution in [0.3, 0.4) is 0 Å². The van der Waals surface area contributed by atoms with Gasteiger partial charge in [-0.25, -0.2) is 0 Å². The summed E-state index contributed by atoms with van der Waals surface area (Å²) in [6, 6.07) is 11.5. The maximum atomic E-state index is 11.7. The van der Waals surface area contributed by atoms with Gasteiger partial charge in [-0.05, 0) is 29.3 Å². The molecule has 0 spiro atoms. The van der Waals surface area contributed by atoms with Gasteiger partial charge in [0.15, 0.2) is 0 Å². The first kappa shape index (κ1) is 15.5. The van der Waals surface area contributed by atoms with Crippen molar-refractivity contribution in [3.8, 4) is 0 Å². The number of aromatic nitrogens is 1. The molecule has 2 rings (SSSR count). The van der Waals surface area contributed by atoms with E-state index in [1.165, 1.54) is 0 Å². The Kier molecular flexibility index (Phi) is 6.19. The highest BCUT2D eigenvalue weighted by molar-refractivity contribution is 6.30. The van der Waals surface area contributed by atoms with Crippen molar-refractivity contribution in [3.63, 3.8) is 0 Å². The monoisotopic (exact) mass is 303 g/mol. The summed E-state index contributed by atoms with van der Waals surface area (Å²) in [4.78, 5) is 15.7. The number of nitrogens with zero attached hydrogens (tertiary/aromatic N) is 1. The first-order valence-electron chi connectivity index (χ1n) is 6.85. The number of rotatable bonds is 7. The summed E-state index contributed by atoms with van der Waals surface area (Å²) in [6.07, 6.45) is 3.92. The van der Waals surface area contributed by atoms with Gasteiger partial charge < -0.3 is 10.6 Å². The van der Waals surface area contributed by atoms with Gasteiger partial charge >= 0.3 is 0 Å². The third-order valence-corrected chi connectivity index (χ3v) is 3.24. The Morgan fingerprint density at radius 3 is 2.62 bits per heavy atom. The van der Waals surface area contributed by atoms with Crippen molar-refractivity contribution in [1.82, 2.24) is 15.6 Å². The molecule has 110 valence electrons. The van der Waals surface area contributed by atoms with Gasteiger partial charge in [0.1, 0.15) is 0 Å². The van der Waals surface area contributed by atoms with E-state index in [1.807, 2.05) is 36.4 Å². The predicted octanol–water partition coefficient (Wildman–Crippen LogP) is 2.53. The lowest BCUT2D eigenvalue weighted by Gasteiger charge is -2.07. The smallest absolute Gasteiger partial charge is 0.221 e. The Bertz CT molecular complexity index is 557. The summed E-state index contributed by atoms with van der Waals surface area (Å²) in [5.74, 6) is 0.0301. The standard InChI is InChI=1S/C16H18ClN3O/c17-15-5-3-13(4-6-15)10-19-9-7-16(21)20-12-14-2-1-8-18-11-14/h1-6,8,11,19H,7,9-10,12H2,(H,20,21). The van der Waals surface area contributed by atoms with E-state index >= 15 is 0 Å². The maximum Gasteiger partial charge on any atom is 0.221 e. The normalized spacial score (nSPS) is 10.3. The van der Waals surface area contributed by atoms with Crippen LogP contribution in [0.15, 0.2) is 48.8 Å². The van der Waals surface area contributed by atoms with Crippen LogP contribution >= 0.6 is 11.6 Å². The van der Waals surface area contributed by atoms with Crippen LogP contribution in [0.2, 0.25) is 5.02 Å². The number of hydrogen-bond donors (Lipinski definition) is 2. The van der Waals surface area contributed by atoms with Crippen molar-refractivity contribution in [3.05, 3.63) is 64.9 Å². The lowest BCUT2D eigenvalue weighted by atomic mass is 10.2. The fraction of sp³-hybridized carbons (Fsp3) is 0.250. The molecule has 0 atom stereocenters. The average molecular weight is 304 g/mol. The highest BCUT2D eigenvalue weighted by Gasteiger charge is 2.01. The molecule has 0 aliphatic carbocycles. The van der Waals surface area contributed by atoms with E-state index in [-0.39, 0.29) is 5.91 Å². The molecular weight excluding hydrogens is 286 g/mol. The molecule has 21 heavy (non-hydrogen) atoms. The number of amides is 1. The van der Waals surface area contributed by atoms with Gasteiger partial charge in [0.2, 0.25) is 5.91 Å². The van der Waals surface area contributed by atoms with E-state index in [0.29, 0.717) is 19.5 Å². The van der Waals surface area contributed by atoms with Crippen LogP contribution in [0.5, 0.6) is 0 Å². The zero-order chi connectivity index (χ0) is 14.9. The minimum atomic E-state index is 0.0301. The highest BCUT2D eigenvalue weighted by atomic mass is 35.5. The van der Waals surface area contributed by atoms with E-state index < -0.39 is 0 Å². The molecule has 0 radical (unpaired) electrons. The van der Waals surface area contributed by atoms with Gasteiger partial charge in [-0.2, -0.15) is 0 Å². The largest absolute Gasteiger partial charge is 0.352 e. The summed E-state index contributed by atoms with van der Waals surface area (Å²) in [7, 11) is 0. The fourth-order valence-corrected chi connectivity index (χ4v) is 1.95. The second-order valence-electron chi connectivity index (χ2n) is 4.69. The summed E-state index contributed by atoms with van der Waals surface area (Å²) >= 11 is 5.82. The van der Waals surface area contributed by atoms with E-state index in [4.69, 9.17) is 11.6 Å². The van der Waals surface area contributed by atoms with Gasteiger partial charge in [0.25, 0.3) is 0 Å². The van der Waals surface area contributed by atoms with Gasteiger partial charge in [0, 0.05) is 43.5 Å². The minimum Gasteiger partial charge on any atom is -0.352 e. The van der Waals surface area contributed by atoms with E-state index in [0.717, 1.165) is 22.7 Å². The van der Waals surface area contributed by atoms with E-state index in [9.17, 15) is 4.79 Å². The fourth-order valence-electron chi connectivity index (χ4n) is 1.83. The quantitative estimate of drug-likeness (QED) is 0.773. The lowest BCUT2D eigenvalue weighted by molar-refractivity contribution is -0.121. The molecule has 0 aliphatic rings. The molecule has 5 heteroatoms. The third-order valence-electron chi connectivity index (χ3n) is 2.98. The molecule has 1 aromatic carbocycles. The van der Waals surface area contributed by atoms with Gasteiger partial charge in [-0.15, -0.1) is 0 Å². The van der Waals surface area contributed by atoms with E-state index in [1.54, 1.807) is 12.4 Å². The Labute approximate surface area is 129 Å². The average Bonchev–Trinajstić information content (AvgIpc) is 2.52. The molecule has 0 bridgehead atoms. The molecule has 2 aromatic rings. The van der Waals surface area contributed by atoms with Gasteiger partial charge in [-0.1, -0.05) is 29.8 Å². The lowest BCUT2D eigenvalue weighted by Crippen LogP contribution is -2.27. The number of halogens is 1. The molecule has 1 heterocycles. The molecule has 2 N–H and O–H groups in total. The first-order chi connectivity index (χ1) is 10.2. The van der Waals surface area contributed by atoms with Crippen molar-refractivity contribution < 1.29 is 4.79 Å². The zero-order valence-corrected chi connectivity index (χ0v) is 12.4. The molecule has 4 nitrogen and oxygen atoms in total. The number of nitrogens with one attached hydrogen (secondary N) is 2. The van der Waals surface area contributed by atoms with Crippen LogP contribution in [0.4, 0.5) is 0 Å². The first-order valence-corrected chi connectivity index (χ1v) is 7.22. The van der Waals surface area contributed by atoms with Crippen molar-refractivity contribution in [2.24, 2.45) is 0 Å². The molecule has 0 saturated heterocycles. The number of pyridine rings is 1. The molecule has 1 aromatic heterocycles. The summed E-state index contributed by atoms with van der Waals surface area (Å²) < 4.78 is 0. The number of hydrogen-bond acceptors (Lipinski definition) is 3. The Hall–Kier alpha value is -1.91. The van der Waals surface area contributed by atoms with Crippen LogP contribution in [0.1, 0.15) is 17.5 Å². The number of carbonyl (C=O) groups is 1. The predicted molar refractivity (Wildman–Crippen MR) is 83.9 cm³/mol. The zero-order valence-electron chi connectivity index (χ0n) is 11.7. The minimum absolute atomic E-state index is 0.0301. The molecule has 1 amide bonds. The Morgan fingerprint density at radius 1 is 1.10 bits per heavy atom. The molecule has 0 saturated carbocycles. The maximum absolute atomic E-state index is 11.7. The Morgan fingerprint density at radius 2 is 1.90 bits per heavy atom. The van der Waals surface area contributed by atoms with Crippen molar-refractivity contribution in [2.75, 3.05) is 6.54 Å². The van der Waals surface area contributed by atoms with Crippen LogP contribution in [0.25, 0.3) is 0 Å². The van der Waals surface area contributed by atoms with Crippen LogP contribution in [0, 0.1) is 0 Å². The summed E-state index contributed by atoms with van der Waals surface area (Å²) in [5, 5.41) is 6.83. The summed E-state index contributed by atoms with van der Waals surface area (Å²) in [5.41, 5.74) is 2.15. The third kappa shape index (κ3) is 5.94. The van der Waals surface area contributed by atoms with Crippen molar-refractivity contribution >= 4 is 17.5 Å². The van der Waals surface area contributed by atoms with Crippen molar-refractivity contribution in [2.45, 2.75) is 19.5 Å². The molecular formula is C16H18ClN3O. The number of benzene rings is 1.